The molecule has 0 aliphatic rings. The molecule has 0 aliphatic carbocycles. The monoisotopic (exact) mass is 301 g/mol. The fourth-order valence-corrected chi connectivity index (χ4v) is 3.34. The molecule has 6 heteroatoms. The first kappa shape index (κ1) is 16.9. The van der Waals surface area contributed by atoms with Crippen molar-refractivity contribution >= 4 is 10.0 Å². The molecule has 20 heavy (non-hydrogen) atoms. The number of benzene rings is 1. The van der Waals surface area contributed by atoms with Crippen molar-refractivity contribution in [2.45, 2.75) is 51.2 Å². The summed E-state index contributed by atoms with van der Waals surface area (Å²) in [6, 6.07) is 4.45. The summed E-state index contributed by atoms with van der Waals surface area (Å²) >= 11 is 0. The minimum Gasteiger partial charge on any atom is -0.494 e. The van der Waals surface area contributed by atoms with Gasteiger partial charge in [0.15, 0.2) is 0 Å². The predicted octanol–water partition coefficient (Wildman–Crippen LogP) is 2.04. The number of nitrogens with one attached hydrogen (secondary N) is 1. The molecule has 0 unspecified atom stereocenters. The Morgan fingerprint density at radius 2 is 1.90 bits per heavy atom. The molecule has 0 amide bonds. The fraction of sp³-hybridized carbons (Fsp3) is 0.571. The number of aliphatic hydroxyl groups excluding tert-OH is 1. The van der Waals surface area contributed by atoms with Gasteiger partial charge in [0, 0.05) is 11.6 Å². The number of sulfonamides is 1. The van der Waals surface area contributed by atoms with Gasteiger partial charge in [0.25, 0.3) is 0 Å². The van der Waals surface area contributed by atoms with Gasteiger partial charge < -0.3 is 9.84 Å². The van der Waals surface area contributed by atoms with Crippen LogP contribution in [0, 0.1) is 0 Å². The van der Waals surface area contributed by atoms with Gasteiger partial charge >= 0.3 is 0 Å². The summed E-state index contributed by atoms with van der Waals surface area (Å²) in [7, 11) is -3.56. The number of ether oxygens (including phenoxy) is 1. The highest BCUT2D eigenvalue weighted by molar-refractivity contribution is 7.89. The summed E-state index contributed by atoms with van der Waals surface area (Å²) < 4.78 is 32.5. The smallest absolute Gasteiger partial charge is 0.240 e. The van der Waals surface area contributed by atoms with Crippen molar-refractivity contribution in [2.24, 2.45) is 0 Å². The predicted molar refractivity (Wildman–Crippen MR) is 78.2 cm³/mol. The van der Waals surface area contributed by atoms with Crippen LogP contribution in [0.1, 0.15) is 39.2 Å². The molecule has 0 radical (unpaired) electrons. The zero-order valence-electron chi connectivity index (χ0n) is 12.2. The summed E-state index contributed by atoms with van der Waals surface area (Å²) in [6.45, 7) is 5.91. The number of hydrogen-bond donors (Lipinski definition) is 2. The van der Waals surface area contributed by atoms with Gasteiger partial charge in [-0.3, -0.25) is 0 Å². The lowest BCUT2D eigenvalue weighted by atomic mass is 10.2. The van der Waals surface area contributed by atoms with Crippen LogP contribution in [0.5, 0.6) is 5.75 Å². The van der Waals surface area contributed by atoms with Gasteiger partial charge in [-0.25, -0.2) is 13.1 Å². The maximum absolute atomic E-state index is 12.3. The molecule has 5 nitrogen and oxygen atoms in total. The average molecular weight is 301 g/mol. The Labute approximate surface area is 121 Å². The molecule has 2 N–H and O–H groups in total. The van der Waals surface area contributed by atoms with Crippen LogP contribution in [-0.2, 0) is 16.6 Å². The van der Waals surface area contributed by atoms with E-state index in [-0.39, 0.29) is 17.5 Å². The Morgan fingerprint density at radius 1 is 1.25 bits per heavy atom. The fourth-order valence-electron chi connectivity index (χ4n) is 1.89. The van der Waals surface area contributed by atoms with Crippen molar-refractivity contribution in [1.29, 1.82) is 0 Å². The summed E-state index contributed by atoms with van der Waals surface area (Å²) in [4.78, 5) is 0.150. The molecule has 0 heterocycles. The summed E-state index contributed by atoms with van der Waals surface area (Å²) in [5.74, 6) is 0.511. The Balaban J connectivity index is 3.06. The van der Waals surface area contributed by atoms with Crippen LogP contribution in [0.2, 0.25) is 0 Å². The van der Waals surface area contributed by atoms with E-state index in [1.165, 1.54) is 12.1 Å². The van der Waals surface area contributed by atoms with Crippen molar-refractivity contribution in [2.75, 3.05) is 6.61 Å². The van der Waals surface area contributed by atoms with Crippen LogP contribution in [0.4, 0.5) is 0 Å². The largest absolute Gasteiger partial charge is 0.494 e. The summed E-state index contributed by atoms with van der Waals surface area (Å²) in [5, 5.41) is 9.31. The number of rotatable bonds is 8. The number of aliphatic hydroxyl groups is 1. The summed E-state index contributed by atoms with van der Waals surface area (Å²) in [6.07, 6.45) is 1.47. The van der Waals surface area contributed by atoms with E-state index in [0.717, 1.165) is 12.8 Å². The Bertz CT molecular complexity index is 524. The first-order valence-electron chi connectivity index (χ1n) is 6.87. The molecule has 0 fully saturated rings. The molecule has 0 saturated carbocycles. The lowest BCUT2D eigenvalue weighted by molar-refractivity contribution is 0.266. The molecule has 0 bridgehead atoms. The molecular weight excluding hydrogens is 278 g/mol. The first-order chi connectivity index (χ1) is 9.48. The van der Waals surface area contributed by atoms with Gasteiger partial charge in [0.05, 0.1) is 18.1 Å². The highest BCUT2D eigenvalue weighted by Gasteiger charge is 2.19. The van der Waals surface area contributed by atoms with Gasteiger partial charge in [-0.2, -0.15) is 0 Å². The van der Waals surface area contributed by atoms with Gasteiger partial charge in [-0.15, -0.1) is 0 Å². The second-order valence-electron chi connectivity index (χ2n) is 4.50. The molecule has 0 saturated heterocycles. The molecule has 1 aromatic rings. The Hall–Kier alpha value is -1.11. The Morgan fingerprint density at radius 3 is 2.40 bits per heavy atom. The average Bonchev–Trinajstić information content (AvgIpc) is 2.45. The lowest BCUT2D eigenvalue weighted by Crippen LogP contribution is -2.33. The second-order valence-corrected chi connectivity index (χ2v) is 6.21. The van der Waals surface area contributed by atoms with E-state index in [9.17, 15) is 13.5 Å². The number of hydrogen-bond acceptors (Lipinski definition) is 4. The molecule has 1 rings (SSSR count). The van der Waals surface area contributed by atoms with Crippen LogP contribution >= 0.6 is 0 Å². The third kappa shape index (κ3) is 4.19. The van der Waals surface area contributed by atoms with E-state index in [4.69, 9.17) is 4.74 Å². The van der Waals surface area contributed by atoms with Gasteiger partial charge in [0.2, 0.25) is 10.0 Å². The van der Waals surface area contributed by atoms with E-state index >= 15 is 0 Å². The van der Waals surface area contributed by atoms with Crippen molar-refractivity contribution in [1.82, 2.24) is 4.72 Å². The topological polar surface area (TPSA) is 75.6 Å². The second kappa shape index (κ2) is 7.61. The first-order valence-corrected chi connectivity index (χ1v) is 8.35. The van der Waals surface area contributed by atoms with Crippen LogP contribution < -0.4 is 9.46 Å². The minimum absolute atomic E-state index is 0.0795. The van der Waals surface area contributed by atoms with Gasteiger partial charge in [-0.1, -0.05) is 13.8 Å². The maximum atomic E-state index is 12.3. The highest BCUT2D eigenvalue weighted by Crippen LogP contribution is 2.23. The zero-order valence-corrected chi connectivity index (χ0v) is 13.0. The molecule has 0 aliphatic heterocycles. The molecule has 114 valence electrons. The lowest BCUT2D eigenvalue weighted by Gasteiger charge is -2.16. The SMILES string of the molecule is CCOc1ccc(S(=O)(=O)NC(CC)CC)cc1CO. The maximum Gasteiger partial charge on any atom is 0.240 e. The van der Waals surface area contributed by atoms with Gasteiger partial charge in [0.1, 0.15) is 5.75 Å². The van der Waals surface area contributed by atoms with Crippen molar-refractivity contribution in [3.63, 3.8) is 0 Å². The van der Waals surface area contributed by atoms with Gasteiger partial charge in [-0.05, 0) is 38.0 Å². The normalized spacial score (nSPS) is 11.8. The zero-order chi connectivity index (χ0) is 15.2. The van der Waals surface area contributed by atoms with Crippen molar-refractivity contribution in [3.05, 3.63) is 23.8 Å². The van der Waals surface area contributed by atoms with E-state index < -0.39 is 10.0 Å². The summed E-state index contributed by atoms with van der Waals surface area (Å²) in [5.41, 5.74) is 0.472. The minimum atomic E-state index is -3.56. The van der Waals surface area contributed by atoms with E-state index in [1.54, 1.807) is 6.07 Å². The van der Waals surface area contributed by atoms with Crippen LogP contribution in [0.3, 0.4) is 0 Å². The van der Waals surface area contributed by atoms with Crippen LogP contribution in [0.25, 0.3) is 0 Å². The Kier molecular flexibility index (Phi) is 6.45. The van der Waals surface area contributed by atoms with Crippen LogP contribution in [0.15, 0.2) is 23.1 Å². The molecule has 1 aromatic carbocycles. The molecular formula is C14H23NO4S. The quantitative estimate of drug-likeness (QED) is 0.770. The molecule has 0 spiro atoms. The molecule has 0 atom stereocenters. The van der Waals surface area contributed by atoms with Crippen molar-refractivity contribution < 1.29 is 18.3 Å². The third-order valence-corrected chi connectivity index (χ3v) is 4.64. The van der Waals surface area contributed by atoms with Crippen LogP contribution in [-0.4, -0.2) is 26.2 Å². The molecule has 0 aromatic heterocycles. The standard InChI is InChI=1S/C14H23NO4S/c1-4-12(5-2)15-20(17,18)13-7-8-14(19-6-3)11(9-13)10-16/h7-9,12,15-16H,4-6,10H2,1-3H3. The van der Waals surface area contributed by atoms with E-state index in [2.05, 4.69) is 4.72 Å². The van der Waals surface area contributed by atoms with E-state index in [1.807, 2.05) is 20.8 Å². The van der Waals surface area contributed by atoms with E-state index in [0.29, 0.717) is 17.9 Å². The third-order valence-electron chi connectivity index (χ3n) is 3.12. The van der Waals surface area contributed by atoms with Crippen molar-refractivity contribution in [3.8, 4) is 5.75 Å². The highest BCUT2D eigenvalue weighted by atomic mass is 32.2.